The fourth-order valence-corrected chi connectivity index (χ4v) is 3.02. The van der Waals surface area contributed by atoms with Gasteiger partial charge in [0.2, 0.25) is 5.91 Å². The van der Waals surface area contributed by atoms with Crippen molar-refractivity contribution in [2.45, 2.75) is 6.42 Å². The molecular formula is C22H17N3O3. The van der Waals surface area contributed by atoms with Crippen LogP contribution in [0.3, 0.4) is 0 Å². The molecule has 2 aromatic carbocycles. The van der Waals surface area contributed by atoms with E-state index >= 15 is 0 Å². The highest BCUT2D eigenvalue weighted by Gasteiger charge is 2.15. The number of carbonyl (C=O) groups excluding carboxylic acids is 2. The van der Waals surface area contributed by atoms with Gasteiger partial charge in [0.15, 0.2) is 5.76 Å². The Morgan fingerprint density at radius 1 is 1.00 bits per heavy atom. The Bertz CT molecular complexity index is 1150. The molecule has 6 heteroatoms. The Hall–Kier alpha value is -3.93. The summed E-state index contributed by atoms with van der Waals surface area (Å²) in [5, 5.41) is 3.64. The summed E-state index contributed by atoms with van der Waals surface area (Å²) in [5.74, 6) is -0.0600. The summed E-state index contributed by atoms with van der Waals surface area (Å²) in [7, 11) is 0. The summed E-state index contributed by atoms with van der Waals surface area (Å²) in [4.78, 5) is 28.6. The summed E-state index contributed by atoms with van der Waals surface area (Å²) in [6, 6.07) is 19.8. The molecule has 2 amide bonds. The number of nitrogens with zero attached hydrogens (tertiary/aromatic N) is 1. The van der Waals surface area contributed by atoms with Crippen molar-refractivity contribution in [3.63, 3.8) is 0 Å². The van der Waals surface area contributed by atoms with Gasteiger partial charge in [-0.05, 0) is 42.0 Å². The molecule has 2 heterocycles. The second-order valence-electron chi connectivity index (χ2n) is 6.34. The smallest absolute Gasteiger partial charge is 0.256 e. The summed E-state index contributed by atoms with van der Waals surface area (Å²) in [6.45, 7) is 0. The number of nitrogens with one attached hydrogen (secondary N) is 1. The average molecular weight is 371 g/mol. The number of furan rings is 1. The number of pyridine rings is 1. The maximum Gasteiger partial charge on any atom is 0.256 e. The summed E-state index contributed by atoms with van der Waals surface area (Å²) >= 11 is 0. The lowest BCUT2D eigenvalue weighted by molar-refractivity contribution is -0.117. The molecule has 0 saturated heterocycles. The maximum atomic E-state index is 13.0. The van der Waals surface area contributed by atoms with E-state index in [0.29, 0.717) is 28.2 Å². The standard InChI is InChI=1S/C22H17N3O3/c23-21(26)12-14-7-9-15(10-8-14)24-22(27)17-13-19(20-6-3-11-28-20)25-18-5-2-1-4-16(17)18/h1-11,13H,12H2,(H2,23,26)(H,24,27). The van der Waals surface area contributed by atoms with Crippen LogP contribution in [0.4, 0.5) is 5.69 Å². The lowest BCUT2D eigenvalue weighted by atomic mass is 10.1. The molecule has 2 aromatic heterocycles. The van der Waals surface area contributed by atoms with Crippen molar-refractivity contribution in [3.8, 4) is 11.5 Å². The maximum absolute atomic E-state index is 13.0. The van der Waals surface area contributed by atoms with E-state index in [1.54, 1.807) is 48.7 Å². The molecule has 0 unspecified atom stereocenters. The molecule has 28 heavy (non-hydrogen) atoms. The number of anilines is 1. The number of rotatable bonds is 5. The van der Waals surface area contributed by atoms with Crippen molar-refractivity contribution in [2.24, 2.45) is 5.73 Å². The van der Waals surface area contributed by atoms with E-state index in [1.165, 1.54) is 0 Å². The van der Waals surface area contributed by atoms with Crippen LogP contribution in [0, 0.1) is 0 Å². The number of benzene rings is 2. The van der Waals surface area contributed by atoms with Crippen LogP contribution in [0.2, 0.25) is 0 Å². The first kappa shape index (κ1) is 17.5. The van der Waals surface area contributed by atoms with Crippen LogP contribution in [0.25, 0.3) is 22.4 Å². The molecule has 3 N–H and O–H groups in total. The van der Waals surface area contributed by atoms with E-state index < -0.39 is 5.91 Å². The SMILES string of the molecule is NC(=O)Cc1ccc(NC(=O)c2cc(-c3ccco3)nc3ccccc23)cc1. The molecule has 138 valence electrons. The van der Waals surface area contributed by atoms with Crippen LogP contribution in [0.1, 0.15) is 15.9 Å². The fourth-order valence-electron chi connectivity index (χ4n) is 3.02. The first-order valence-electron chi connectivity index (χ1n) is 8.72. The molecule has 0 radical (unpaired) electrons. The molecule has 0 bridgehead atoms. The van der Waals surface area contributed by atoms with E-state index in [4.69, 9.17) is 10.2 Å². The molecule has 0 spiro atoms. The molecule has 0 saturated carbocycles. The Labute approximate surface area is 161 Å². The number of primary amides is 1. The highest BCUT2D eigenvalue weighted by molar-refractivity contribution is 6.13. The largest absolute Gasteiger partial charge is 0.463 e. The fraction of sp³-hybridized carbons (Fsp3) is 0.0455. The number of hydrogen-bond donors (Lipinski definition) is 2. The van der Waals surface area contributed by atoms with Crippen LogP contribution in [-0.2, 0) is 11.2 Å². The lowest BCUT2D eigenvalue weighted by Crippen LogP contribution is -2.14. The molecule has 0 atom stereocenters. The third kappa shape index (κ3) is 3.61. The third-order valence-corrected chi connectivity index (χ3v) is 4.32. The van der Waals surface area contributed by atoms with E-state index in [9.17, 15) is 9.59 Å². The molecule has 0 aliphatic carbocycles. The Morgan fingerprint density at radius 2 is 1.79 bits per heavy atom. The van der Waals surface area contributed by atoms with Gasteiger partial charge < -0.3 is 15.5 Å². The zero-order valence-corrected chi connectivity index (χ0v) is 14.9. The van der Waals surface area contributed by atoms with Crippen molar-refractivity contribution in [3.05, 3.63) is 84.1 Å². The van der Waals surface area contributed by atoms with Gasteiger partial charge in [0, 0.05) is 11.1 Å². The van der Waals surface area contributed by atoms with Crippen molar-refractivity contribution >= 4 is 28.4 Å². The molecule has 4 aromatic rings. The van der Waals surface area contributed by atoms with Gasteiger partial charge in [0.1, 0.15) is 5.69 Å². The van der Waals surface area contributed by atoms with E-state index in [0.717, 1.165) is 10.9 Å². The minimum absolute atomic E-state index is 0.162. The highest BCUT2D eigenvalue weighted by atomic mass is 16.3. The minimum atomic E-state index is -0.398. The number of amides is 2. The second-order valence-corrected chi connectivity index (χ2v) is 6.34. The van der Waals surface area contributed by atoms with Crippen molar-refractivity contribution in [2.75, 3.05) is 5.32 Å². The van der Waals surface area contributed by atoms with Crippen LogP contribution in [0.15, 0.2) is 77.4 Å². The first-order chi connectivity index (χ1) is 13.6. The zero-order chi connectivity index (χ0) is 19.5. The number of hydrogen-bond acceptors (Lipinski definition) is 4. The topological polar surface area (TPSA) is 98.2 Å². The van der Waals surface area contributed by atoms with Crippen LogP contribution in [-0.4, -0.2) is 16.8 Å². The molecule has 0 fully saturated rings. The van der Waals surface area contributed by atoms with Crippen LogP contribution >= 0.6 is 0 Å². The van der Waals surface area contributed by atoms with Crippen LogP contribution in [0.5, 0.6) is 0 Å². The Morgan fingerprint density at radius 3 is 2.50 bits per heavy atom. The van der Waals surface area contributed by atoms with Crippen molar-refractivity contribution in [1.29, 1.82) is 0 Å². The molecular weight excluding hydrogens is 354 g/mol. The van der Waals surface area contributed by atoms with Crippen molar-refractivity contribution in [1.82, 2.24) is 4.98 Å². The summed E-state index contributed by atoms with van der Waals surface area (Å²) in [5.41, 5.74) is 8.41. The van der Waals surface area contributed by atoms with Gasteiger partial charge in [-0.1, -0.05) is 30.3 Å². The number of nitrogens with two attached hydrogens (primary N) is 1. The zero-order valence-electron chi connectivity index (χ0n) is 14.9. The van der Waals surface area contributed by atoms with Gasteiger partial charge in [-0.2, -0.15) is 0 Å². The molecule has 0 aliphatic rings. The van der Waals surface area contributed by atoms with Gasteiger partial charge in [0.25, 0.3) is 5.91 Å². The third-order valence-electron chi connectivity index (χ3n) is 4.32. The van der Waals surface area contributed by atoms with Crippen LogP contribution < -0.4 is 11.1 Å². The molecule has 4 rings (SSSR count). The van der Waals surface area contributed by atoms with Gasteiger partial charge in [0.05, 0.1) is 23.8 Å². The average Bonchev–Trinajstić information content (AvgIpc) is 3.23. The van der Waals surface area contributed by atoms with Gasteiger partial charge in [-0.3, -0.25) is 9.59 Å². The lowest BCUT2D eigenvalue weighted by Gasteiger charge is -2.10. The van der Waals surface area contributed by atoms with E-state index in [2.05, 4.69) is 10.3 Å². The van der Waals surface area contributed by atoms with Gasteiger partial charge in [-0.15, -0.1) is 0 Å². The monoisotopic (exact) mass is 371 g/mol. The first-order valence-corrected chi connectivity index (χ1v) is 8.72. The van der Waals surface area contributed by atoms with Gasteiger partial charge in [-0.25, -0.2) is 4.98 Å². The number of aromatic nitrogens is 1. The van der Waals surface area contributed by atoms with E-state index in [-0.39, 0.29) is 12.3 Å². The van der Waals surface area contributed by atoms with Gasteiger partial charge >= 0.3 is 0 Å². The Balaban J connectivity index is 1.67. The van der Waals surface area contributed by atoms with Crippen molar-refractivity contribution < 1.29 is 14.0 Å². The number of carbonyl (C=O) groups is 2. The predicted octanol–water partition coefficient (Wildman–Crippen LogP) is 3.77. The number of para-hydroxylation sites is 1. The van der Waals surface area contributed by atoms with E-state index in [1.807, 2.05) is 24.3 Å². The molecule has 0 aliphatic heterocycles. The normalized spacial score (nSPS) is 10.7. The molecule has 6 nitrogen and oxygen atoms in total. The number of fused-ring (bicyclic) bond motifs is 1. The minimum Gasteiger partial charge on any atom is -0.463 e. The quantitative estimate of drug-likeness (QED) is 0.558. The summed E-state index contributed by atoms with van der Waals surface area (Å²) < 4.78 is 5.43. The highest BCUT2D eigenvalue weighted by Crippen LogP contribution is 2.26. The second kappa shape index (κ2) is 7.36. The summed E-state index contributed by atoms with van der Waals surface area (Å²) in [6.07, 6.45) is 1.73. The predicted molar refractivity (Wildman–Crippen MR) is 107 cm³/mol. The Kier molecular flexibility index (Phi) is 4.60.